The Morgan fingerprint density at radius 1 is 1.48 bits per heavy atom. The minimum absolute atomic E-state index is 0.0124. The summed E-state index contributed by atoms with van der Waals surface area (Å²) in [5, 5.41) is 3.39. The smallest absolute Gasteiger partial charge is 0.257 e. The number of hydrogen-bond donors (Lipinski definition) is 1. The van der Waals surface area contributed by atoms with Crippen molar-refractivity contribution in [1.82, 2.24) is 10.2 Å². The number of nitrogens with one attached hydrogen (secondary N) is 1. The van der Waals surface area contributed by atoms with E-state index in [-0.39, 0.29) is 12.5 Å². The van der Waals surface area contributed by atoms with E-state index in [4.69, 9.17) is 16.3 Å². The van der Waals surface area contributed by atoms with Crippen molar-refractivity contribution in [2.75, 3.05) is 26.2 Å². The van der Waals surface area contributed by atoms with Crippen molar-refractivity contribution in [3.05, 3.63) is 27.7 Å². The summed E-state index contributed by atoms with van der Waals surface area (Å²) in [5.74, 6) is 0.405. The van der Waals surface area contributed by atoms with E-state index in [0.717, 1.165) is 17.4 Å². The molecule has 0 bridgehead atoms. The fourth-order valence-electron chi connectivity index (χ4n) is 2.79. The number of amides is 1. The minimum Gasteiger partial charge on any atom is -0.482 e. The van der Waals surface area contributed by atoms with E-state index in [9.17, 15) is 4.79 Å². The summed E-state index contributed by atoms with van der Waals surface area (Å²) < 4.78 is 6.32. The number of rotatable bonds is 7. The van der Waals surface area contributed by atoms with Gasteiger partial charge in [0.05, 0.1) is 5.02 Å². The van der Waals surface area contributed by atoms with Gasteiger partial charge in [-0.3, -0.25) is 4.79 Å². The maximum absolute atomic E-state index is 11.8. The molecular weight excluding hydrogens is 380 g/mol. The molecule has 1 aromatic rings. The molecule has 1 atom stereocenters. The predicted molar refractivity (Wildman–Crippen MR) is 97.2 cm³/mol. The van der Waals surface area contributed by atoms with Crippen LogP contribution in [0.4, 0.5) is 0 Å². The van der Waals surface area contributed by atoms with E-state index < -0.39 is 0 Å². The molecule has 23 heavy (non-hydrogen) atoms. The quantitative estimate of drug-likeness (QED) is 0.703. The van der Waals surface area contributed by atoms with Gasteiger partial charge in [0, 0.05) is 23.6 Å². The lowest BCUT2D eigenvalue weighted by Gasteiger charge is -2.33. The van der Waals surface area contributed by atoms with Gasteiger partial charge >= 0.3 is 0 Å². The second kappa shape index (κ2) is 9.50. The molecule has 6 heteroatoms. The van der Waals surface area contributed by atoms with Crippen molar-refractivity contribution in [3.8, 4) is 5.75 Å². The van der Waals surface area contributed by atoms with E-state index in [1.54, 1.807) is 12.1 Å². The Morgan fingerprint density at radius 3 is 3.04 bits per heavy atom. The Morgan fingerprint density at radius 2 is 2.30 bits per heavy atom. The average molecular weight is 404 g/mol. The highest BCUT2D eigenvalue weighted by molar-refractivity contribution is 9.10. The zero-order valence-electron chi connectivity index (χ0n) is 13.5. The second-order valence-electron chi connectivity index (χ2n) is 5.95. The van der Waals surface area contributed by atoms with E-state index in [2.05, 4.69) is 33.1 Å². The van der Waals surface area contributed by atoms with Crippen molar-refractivity contribution < 1.29 is 9.53 Å². The predicted octanol–water partition coefficient (Wildman–Crippen LogP) is 3.86. The Kier molecular flexibility index (Phi) is 7.66. The lowest BCUT2D eigenvalue weighted by Crippen LogP contribution is -2.39. The monoisotopic (exact) mass is 402 g/mol. The van der Waals surface area contributed by atoms with Crippen molar-refractivity contribution >= 4 is 33.4 Å². The van der Waals surface area contributed by atoms with Gasteiger partial charge in [-0.25, -0.2) is 0 Å². The molecular formula is C17H24BrClN2O2. The topological polar surface area (TPSA) is 41.6 Å². The zero-order chi connectivity index (χ0) is 16.7. The number of benzene rings is 1. The van der Waals surface area contributed by atoms with Crippen LogP contribution in [-0.4, -0.2) is 43.1 Å². The summed E-state index contributed by atoms with van der Waals surface area (Å²) in [6.45, 7) is 5.18. The molecule has 2 rings (SSSR count). The SMILES string of the molecule is C[C@H]1CCCCN1CCCNC(=O)COc1ccc(Br)cc1Cl. The average Bonchev–Trinajstić information content (AvgIpc) is 2.52. The number of ether oxygens (including phenoxy) is 1. The first kappa shape index (κ1) is 18.6. The number of carbonyl (C=O) groups is 1. The van der Waals surface area contributed by atoms with Gasteiger partial charge in [0.1, 0.15) is 5.75 Å². The minimum atomic E-state index is -0.115. The fourth-order valence-corrected chi connectivity index (χ4v) is 3.51. The summed E-state index contributed by atoms with van der Waals surface area (Å²) in [6, 6.07) is 5.99. The van der Waals surface area contributed by atoms with Crippen molar-refractivity contribution in [2.24, 2.45) is 0 Å². The molecule has 0 spiro atoms. The molecule has 0 unspecified atom stereocenters. The third-order valence-corrected chi connectivity index (χ3v) is 4.93. The van der Waals surface area contributed by atoms with Crippen LogP contribution in [-0.2, 0) is 4.79 Å². The molecule has 1 aliphatic rings. The van der Waals surface area contributed by atoms with Crippen LogP contribution in [0, 0.1) is 0 Å². The number of piperidine rings is 1. The Bertz CT molecular complexity index is 527. The highest BCUT2D eigenvalue weighted by Crippen LogP contribution is 2.27. The van der Waals surface area contributed by atoms with Crippen LogP contribution in [0.3, 0.4) is 0 Å². The summed E-state index contributed by atoms with van der Waals surface area (Å²) in [4.78, 5) is 14.3. The van der Waals surface area contributed by atoms with Crippen molar-refractivity contribution in [2.45, 2.75) is 38.6 Å². The van der Waals surface area contributed by atoms with E-state index in [1.807, 2.05) is 6.07 Å². The fraction of sp³-hybridized carbons (Fsp3) is 0.588. The van der Waals surface area contributed by atoms with Crippen LogP contribution in [0.5, 0.6) is 5.75 Å². The number of nitrogens with zero attached hydrogens (tertiary/aromatic N) is 1. The molecule has 1 amide bonds. The van der Waals surface area contributed by atoms with Crippen molar-refractivity contribution in [1.29, 1.82) is 0 Å². The maximum Gasteiger partial charge on any atom is 0.257 e. The van der Waals surface area contributed by atoms with Crippen LogP contribution in [0.2, 0.25) is 5.02 Å². The van der Waals surface area contributed by atoms with E-state index in [1.165, 1.54) is 25.8 Å². The first-order valence-electron chi connectivity index (χ1n) is 8.15. The molecule has 0 aromatic heterocycles. The van der Waals surface area contributed by atoms with Gasteiger partial charge in [0.2, 0.25) is 0 Å². The summed E-state index contributed by atoms with van der Waals surface area (Å²) in [7, 11) is 0. The number of halogens is 2. The highest BCUT2D eigenvalue weighted by Gasteiger charge is 2.17. The van der Waals surface area contributed by atoms with Gasteiger partial charge in [0.15, 0.2) is 6.61 Å². The molecule has 4 nitrogen and oxygen atoms in total. The molecule has 128 valence electrons. The zero-order valence-corrected chi connectivity index (χ0v) is 15.8. The maximum atomic E-state index is 11.8. The van der Waals surface area contributed by atoms with Gasteiger partial charge in [-0.15, -0.1) is 0 Å². The third-order valence-electron chi connectivity index (χ3n) is 4.14. The van der Waals surface area contributed by atoms with Gasteiger partial charge in [0.25, 0.3) is 5.91 Å². The normalized spacial score (nSPS) is 18.7. The summed E-state index contributed by atoms with van der Waals surface area (Å²) >= 11 is 9.38. The van der Waals surface area contributed by atoms with Gasteiger partial charge in [-0.2, -0.15) is 0 Å². The largest absolute Gasteiger partial charge is 0.482 e. The lowest BCUT2D eigenvalue weighted by molar-refractivity contribution is -0.123. The van der Waals surface area contributed by atoms with Gasteiger partial charge < -0.3 is 15.0 Å². The van der Waals surface area contributed by atoms with Crippen LogP contribution < -0.4 is 10.1 Å². The molecule has 0 saturated carbocycles. The Balaban J connectivity index is 1.61. The van der Waals surface area contributed by atoms with Crippen LogP contribution in [0.15, 0.2) is 22.7 Å². The Labute approximate surface area is 151 Å². The molecule has 1 saturated heterocycles. The molecule has 1 aromatic carbocycles. The molecule has 1 aliphatic heterocycles. The third kappa shape index (κ3) is 6.32. The molecule has 1 heterocycles. The van der Waals surface area contributed by atoms with E-state index in [0.29, 0.717) is 23.4 Å². The number of likely N-dealkylation sites (tertiary alicyclic amines) is 1. The summed E-state index contributed by atoms with van der Waals surface area (Å²) in [5.41, 5.74) is 0. The number of hydrogen-bond acceptors (Lipinski definition) is 3. The molecule has 1 N–H and O–H groups in total. The van der Waals surface area contributed by atoms with E-state index >= 15 is 0 Å². The summed E-state index contributed by atoms with van der Waals surface area (Å²) in [6.07, 6.45) is 4.88. The van der Waals surface area contributed by atoms with Crippen LogP contribution in [0.25, 0.3) is 0 Å². The van der Waals surface area contributed by atoms with Crippen molar-refractivity contribution in [3.63, 3.8) is 0 Å². The second-order valence-corrected chi connectivity index (χ2v) is 7.27. The highest BCUT2D eigenvalue weighted by atomic mass is 79.9. The number of carbonyl (C=O) groups excluding carboxylic acids is 1. The Hall–Kier alpha value is -0.780. The lowest BCUT2D eigenvalue weighted by atomic mass is 10.0. The molecule has 0 aliphatic carbocycles. The van der Waals surface area contributed by atoms with Gasteiger partial charge in [-0.05, 0) is 50.9 Å². The standard InChI is InChI=1S/C17H24BrClN2O2/c1-13-5-2-3-9-21(13)10-4-8-20-17(22)12-23-16-7-6-14(18)11-15(16)19/h6-7,11,13H,2-5,8-10,12H2,1H3,(H,20,22)/t13-/m0/s1. The van der Waals surface area contributed by atoms with Crippen LogP contribution in [0.1, 0.15) is 32.6 Å². The van der Waals surface area contributed by atoms with Crippen LogP contribution >= 0.6 is 27.5 Å². The molecule has 1 fully saturated rings. The first-order chi connectivity index (χ1) is 11.1. The van der Waals surface area contributed by atoms with Gasteiger partial charge in [-0.1, -0.05) is 34.0 Å². The molecule has 0 radical (unpaired) electrons. The first-order valence-corrected chi connectivity index (χ1v) is 9.32.